The highest BCUT2D eigenvalue weighted by atomic mass is 35.5. The summed E-state index contributed by atoms with van der Waals surface area (Å²) >= 11 is 8.02. The molecule has 3 nitrogen and oxygen atoms in total. The lowest BCUT2D eigenvalue weighted by Crippen LogP contribution is -1.95. The quantitative estimate of drug-likeness (QED) is 0.211. The Balaban J connectivity index is 1.66. The predicted molar refractivity (Wildman–Crippen MR) is 130 cm³/mol. The minimum atomic E-state index is 0.698. The van der Waals surface area contributed by atoms with Gasteiger partial charge in [0, 0.05) is 28.2 Å². The summed E-state index contributed by atoms with van der Waals surface area (Å²) in [4.78, 5) is 9.33. The molecule has 3 aromatic carbocycles. The molecular formula is C26H20ClN3S. The van der Waals surface area contributed by atoms with Gasteiger partial charge in [0.05, 0.1) is 5.39 Å². The van der Waals surface area contributed by atoms with Crippen LogP contribution in [0.3, 0.4) is 0 Å². The summed E-state index contributed by atoms with van der Waals surface area (Å²) in [6, 6.07) is 26.8. The van der Waals surface area contributed by atoms with Crippen LogP contribution >= 0.6 is 23.4 Å². The number of halogens is 1. The minimum absolute atomic E-state index is 0.698. The standard InChI is InChI=1S/C26H20ClN3S/c1-18-7-5-8-19(13-18)16-31-26-24-23(20-9-3-2-4-10-20)15-30(25(24)28-17-29-26)22-12-6-11-21(27)14-22/h2-15,17H,16H2,1H3. The van der Waals surface area contributed by atoms with Gasteiger partial charge in [0.15, 0.2) is 0 Å². The molecule has 5 rings (SSSR count). The van der Waals surface area contributed by atoms with Gasteiger partial charge in [-0.2, -0.15) is 0 Å². The first-order valence-corrected chi connectivity index (χ1v) is 11.4. The van der Waals surface area contributed by atoms with E-state index in [1.807, 2.05) is 30.3 Å². The van der Waals surface area contributed by atoms with Crippen LogP contribution in [0, 0.1) is 6.92 Å². The number of thioether (sulfide) groups is 1. The molecule has 0 unspecified atom stereocenters. The summed E-state index contributed by atoms with van der Waals surface area (Å²) in [6.07, 6.45) is 3.79. The fourth-order valence-electron chi connectivity index (χ4n) is 3.76. The van der Waals surface area contributed by atoms with E-state index in [0.717, 1.165) is 38.6 Å². The van der Waals surface area contributed by atoms with Crippen molar-refractivity contribution in [3.05, 3.63) is 108 Å². The highest BCUT2D eigenvalue weighted by Crippen LogP contribution is 2.37. The molecule has 0 aliphatic rings. The van der Waals surface area contributed by atoms with Crippen molar-refractivity contribution in [1.29, 1.82) is 0 Å². The third-order valence-electron chi connectivity index (χ3n) is 5.18. The number of fused-ring (bicyclic) bond motifs is 1. The molecule has 152 valence electrons. The van der Waals surface area contributed by atoms with Crippen LogP contribution in [0.2, 0.25) is 5.02 Å². The van der Waals surface area contributed by atoms with Gasteiger partial charge >= 0.3 is 0 Å². The smallest absolute Gasteiger partial charge is 0.149 e. The lowest BCUT2D eigenvalue weighted by Gasteiger charge is -2.07. The monoisotopic (exact) mass is 441 g/mol. The molecular weight excluding hydrogens is 422 g/mol. The van der Waals surface area contributed by atoms with Crippen LogP contribution in [0.1, 0.15) is 11.1 Å². The molecule has 0 amide bonds. The van der Waals surface area contributed by atoms with E-state index in [1.165, 1.54) is 11.1 Å². The maximum absolute atomic E-state index is 6.28. The molecule has 31 heavy (non-hydrogen) atoms. The zero-order chi connectivity index (χ0) is 21.2. The summed E-state index contributed by atoms with van der Waals surface area (Å²) in [7, 11) is 0. The maximum atomic E-state index is 6.28. The molecule has 2 heterocycles. The molecule has 0 spiro atoms. The highest BCUT2D eigenvalue weighted by molar-refractivity contribution is 7.98. The summed E-state index contributed by atoms with van der Waals surface area (Å²) in [5, 5.41) is 2.74. The van der Waals surface area contributed by atoms with Crippen molar-refractivity contribution >= 4 is 34.4 Å². The van der Waals surface area contributed by atoms with Crippen LogP contribution in [-0.4, -0.2) is 14.5 Å². The van der Waals surface area contributed by atoms with Gasteiger partial charge in [-0.3, -0.25) is 0 Å². The summed E-state index contributed by atoms with van der Waals surface area (Å²) < 4.78 is 2.10. The molecule has 0 fully saturated rings. The van der Waals surface area contributed by atoms with E-state index in [2.05, 4.69) is 76.2 Å². The van der Waals surface area contributed by atoms with Crippen molar-refractivity contribution in [3.63, 3.8) is 0 Å². The Kier molecular flexibility index (Phi) is 5.49. The second-order valence-electron chi connectivity index (χ2n) is 7.41. The summed E-state index contributed by atoms with van der Waals surface area (Å²) in [5.41, 5.74) is 6.66. The first-order valence-electron chi connectivity index (χ1n) is 10.0. The average Bonchev–Trinajstić information content (AvgIpc) is 3.19. The van der Waals surface area contributed by atoms with E-state index in [0.29, 0.717) is 5.02 Å². The van der Waals surface area contributed by atoms with Crippen LogP contribution < -0.4 is 0 Å². The second-order valence-corrected chi connectivity index (χ2v) is 8.81. The number of benzene rings is 3. The third kappa shape index (κ3) is 4.09. The molecule has 0 atom stereocenters. The number of aromatic nitrogens is 3. The largest absolute Gasteiger partial charge is 0.301 e. The van der Waals surface area contributed by atoms with Gasteiger partial charge < -0.3 is 4.57 Å². The first kappa shape index (κ1) is 19.9. The minimum Gasteiger partial charge on any atom is -0.301 e. The van der Waals surface area contributed by atoms with Gasteiger partial charge in [-0.05, 0) is 36.2 Å². The van der Waals surface area contributed by atoms with Crippen molar-refractivity contribution in [3.8, 4) is 16.8 Å². The summed E-state index contributed by atoms with van der Waals surface area (Å²) in [6.45, 7) is 2.12. The lowest BCUT2D eigenvalue weighted by atomic mass is 10.1. The SMILES string of the molecule is Cc1cccc(CSc2ncnc3c2c(-c2ccccc2)cn3-c2cccc(Cl)c2)c1. The van der Waals surface area contributed by atoms with E-state index in [4.69, 9.17) is 11.6 Å². The molecule has 5 aromatic rings. The third-order valence-corrected chi connectivity index (χ3v) is 6.47. The van der Waals surface area contributed by atoms with Gasteiger partial charge in [0.25, 0.3) is 0 Å². The van der Waals surface area contributed by atoms with Crippen LogP contribution in [0.25, 0.3) is 27.8 Å². The van der Waals surface area contributed by atoms with E-state index < -0.39 is 0 Å². The van der Waals surface area contributed by atoms with Crippen LogP contribution in [0.15, 0.2) is 96.4 Å². The Labute approximate surface area is 190 Å². The Morgan fingerprint density at radius 1 is 0.903 bits per heavy atom. The van der Waals surface area contributed by atoms with Crippen molar-refractivity contribution in [2.24, 2.45) is 0 Å². The van der Waals surface area contributed by atoms with Crippen LogP contribution in [-0.2, 0) is 5.75 Å². The van der Waals surface area contributed by atoms with Crippen LogP contribution in [0.5, 0.6) is 0 Å². The van der Waals surface area contributed by atoms with Gasteiger partial charge in [-0.25, -0.2) is 9.97 Å². The van der Waals surface area contributed by atoms with E-state index in [9.17, 15) is 0 Å². The van der Waals surface area contributed by atoms with Crippen molar-refractivity contribution in [2.75, 3.05) is 0 Å². The fraction of sp³-hybridized carbons (Fsp3) is 0.0769. The zero-order valence-electron chi connectivity index (χ0n) is 17.0. The van der Waals surface area contributed by atoms with Crippen molar-refractivity contribution in [1.82, 2.24) is 14.5 Å². The number of nitrogens with zero attached hydrogens (tertiary/aromatic N) is 3. The van der Waals surface area contributed by atoms with Crippen LogP contribution in [0.4, 0.5) is 0 Å². The van der Waals surface area contributed by atoms with E-state index in [1.54, 1.807) is 18.1 Å². The molecule has 0 aliphatic heterocycles. The van der Waals surface area contributed by atoms with Crippen molar-refractivity contribution in [2.45, 2.75) is 17.7 Å². The number of aryl methyl sites for hydroxylation is 1. The molecule has 5 heteroatoms. The molecule has 0 saturated carbocycles. The van der Waals surface area contributed by atoms with E-state index >= 15 is 0 Å². The first-order chi connectivity index (χ1) is 15.2. The van der Waals surface area contributed by atoms with Gasteiger partial charge in [-0.15, -0.1) is 11.8 Å². The Morgan fingerprint density at radius 3 is 2.55 bits per heavy atom. The Hall–Kier alpha value is -3.08. The molecule has 0 aliphatic carbocycles. The van der Waals surface area contributed by atoms with Gasteiger partial charge in [-0.1, -0.05) is 77.8 Å². The number of hydrogen-bond donors (Lipinski definition) is 0. The molecule has 0 saturated heterocycles. The summed E-state index contributed by atoms with van der Waals surface area (Å²) in [5.74, 6) is 0.852. The second kappa shape index (κ2) is 8.58. The lowest BCUT2D eigenvalue weighted by molar-refractivity contribution is 1.04. The number of hydrogen-bond acceptors (Lipinski definition) is 3. The van der Waals surface area contributed by atoms with Gasteiger partial charge in [0.2, 0.25) is 0 Å². The Morgan fingerprint density at radius 2 is 1.74 bits per heavy atom. The fourth-order valence-corrected chi connectivity index (χ4v) is 4.89. The van der Waals surface area contributed by atoms with E-state index in [-0.39, 0.29) is 0 Å². The highest BCUT2D eigenvalue weighted by Gasteiger charge is 2.17. The molecule has 0 N–H and O–H groups in total. The molecule has 0 radical (unpaired) electrons. The maximum Gasteiger partial charge on any atom is 0.149 e. The number of rotatable bonds is 5. The van der Waals surface area contributed by atoms with Crippen molar-refractivity contribution < 1.29 is 0 Å². The molecule has 0 bridgehead atoms. The molecule has 2 aromatic heterocycles. The zero-order valence-corrected chi connectivity index (χ0v) is 18.6. The topological polar surface area (TPSA) is 30.7 Å². The normalized spacial score (nSPS) is 11.2. The van der Waals surface area contributed by atoms with Gasteiger partial charge in [0.1, 0.15) is 17.0 Å². The predicted octanol–water partition coefficient (Wildman–Crippen LogP) is 7.34. The average molecular weight is 442 g/mol. The Bertz CT molecular complexity index is 1360.